The van der Waals surface area contributed by atoms with Crippen LogP contribution in [0.25, 0.3) is 0 Å². The number of nitrogens with one attached hydrogen (secondary N) is 2. The minimum absolute atomic E-state index is 0.0775. The maximum Gasteiger partial charge on any atom is 0.251 e. The van der Waals surface area contributed by atoms with Gasteiger partial charge in [-0.3, -0.25) is 4.79 Å². The van der Waals surface area contributed by atoms with Crippen LogP contribution in [0.2, 0.25) is 0 Å². The standard InChI is InChI=1S/C23H32N4O5S/c1-15(2)26-33(29,30)21-10-19(7-8-20(21)31-5)23(28)25-12-18-6-9-22(24-11-18)27-13-16(3)32-17(4)14-27/h6-11,15-17,26H,12-14H2,1-5H3,(H,25,28). The van der Waals surface area contributed by atoms with Crippen molar-refractivity contribution in [3.63, 3.8) is 0 Å². The second-order valence-electron chi connectivity index (χ2n) is 8.51. The van der Waals surface area contributed by atoms with Gasteiger partial charge in [0.25, 0.3) is 5.91 Å². The molecule has 1 aromatic carbocycles. The van der Waals surface area contributed by atoms with Gasteiger partial charge < -0.3 is 19.7 Å². The molecule has 180 valence electrons. The van der Waals surface area contributed by atoms with Crippen LogP contribution in [0.1, 0.15) is 43.6 Å². The first-order valence-electron chi connectivity index (χ1n) is 10.9. The number of ether oxygens (including phenoxy) is 2. The van der Waals surface area contributed by atoms with E-state index in [2.05, 4.69) is 19.9 Å². The third-order valence-electron chi connectivity index (χ3n) is 5.11. The fourth-order valence-electron chi connectivity index (χ4n) is 3.76. The minimum Gasteiger partial charge on any atom is -0.495 e. The highest BCUT2D eigenvalue weighted by atomic mass is 32.2. The van der Waals surface area contributed by atoms with Gasteiger partial charge in [-0.2, -0.15) is 0 Å². The van der Waals surface area contributed by atoms with Crippen LogP contribution in [0.15, 0.2) is 41.4 Å². The van der Waals surface area contributed by atoms with Crippen molar-refractivity contribution in [3.8, 4) is 5.75 Å². The van der Waals surface area contributed by atoms with Crippen LogP contribution in [0.5, 0.6) is 5.75 Å². The van der Waals surface area contributed by atoms with Gasteiger partial charge in [0.15, 0.2) is 0 Å². The Balaban J connectivity index is 1.68. The number of hydrogen-bond acceptors (Lipinski definition) is 7. The molecular weight excluding hydrogens is 444 g/mol. The van der Waals surface area contributed by atoms with Crippen molar-refractivity contribution < 1.29 is 22.7 Å². The van der Waals surface area contributed by atoms with Crippen molar-refractivity contribution in [2.24, 2.45) is 0 Å². The Morgan fingerprint density at radius 3 is 2.48 bits per heavy atom. The molecule has 9 nitrogen and oxygen atoms in total. The summed E-state index contributed by atoms with van der Waals surface area (Å²) < 4.78 is 38.7. The third kappa shape index (κ3) is 6.43. The van der Waals surface area contributed by atoms with E-state index in [0.29, 0.717) is 0 Å². The zero-order chi connectivity index (χ0) is 24.2. The Morgan fingerprint density at radius 2 is 1.91 bits per heavy atom. The fourth-order valence-corrected chi connectivity index (χ4v) is 5.21. The zero-order valence-electron chi connectivity index (χ0n) is 19.7. The molecule has 2 unspecified atom stereocenters. The number of rotatable bonds is 8. The lowest BCUT2D eigenvalue weighted by atomic mass is 10.2. The summed E-state index contributed by atoms with van der Waals surface area (Å²) in [6.07, 6.45) is 2.02. The van der Waals surface area contributed by atoms with Gasteiger partial charge in [0.05, 0.1) is 19.3 Å². The van der Waals surface area contributed by atoms with Crippen molar-refractivity contribution in [1.29, 1.82) is 0 Å². The van der Waals surface area contributed by atoms with Crippen molar-refractivity contribution in [1.82, 2.24) is 15.0 Å². The molecule has 2 atom stereocenters. The molecule has 0 radical (unpaired) electrons. The molecule has 2 aromatic rings. The van der Waals surface area contributed by atoms with E-state index in [9.17, 15) is 13.2 Å². The molecule has 1 aromatic heterocycles. The molecule has 1 aliphatic heterocycles. The largest absolute Gasteiger partial charge is 0.495 e. The van der Waals surface area contributed by atoms with Gasteiger partial charge in [-0.25, -0.2) is 18.1 Å². The van der Waals surface area contributed by atoms with E-state index in [-0.39, 0.29) is 41.0 Å². The summed E-state index contributed by atoms with van der Waals surface area (Å²) in [4.78, 5) is 19.3. The van der Waals surface area contributed by atoms with Crippen LogP contribution < -0.4 is 19.7 Å². The Hall–Kier alpha value is -2.69. The number of carbonyl (C=O) groups is 1. The molecule has 2 N–H and O–H groups in total. The molecule has 1 fully saturated rings. The maximum absolute atomic E-state index is 12.7. The van der Waals surface area contributed by atoms with Gasteiger partial charge in [0, 0.05) is 37.4 Å². The predicted octanol–water partition coefficient (Wildman–Crippen LogP) is 2.32. The van der Waals surface area contributed by atoms with Gasteiger partial charge in [-0.05, 0) is 57.5 Å². The van der Waals surface area contributed by atoms with Crippen molar-refractivity contribution in [3.05, 3.63) is 47.7 Å². The highest BCUT2D eigenvalue weighted by Gasteiger charge is 2.24. The summed E-state index contributed by atoms with van der Waals surface area (Å²) in [6, 6.07) is 7.89. The molecule has 0 spiro atoms. The summed E-state index contributed by atoms with van der Waals surface area (Å²) in [5.41, 5.74) is 1.06. The number of aromatic nitrogens is 1. The van der Waals surface area contributed by atoms with E-state index >= 15 is 0 Å². The molecule has 1 amide bonds. The number of anilines is 1. The van der Waals surface area contributed by atoms with Crippen LogP contribution in [-0.4, -0.2) is 57.8 Å². The molecule has 0 saturated carbocycles. The number of pyridine rings is 1. The number of nitrogens with zero attached hydrogens (tertiary/aromatic N) is 2. The maximum atomic E-state index is 12.7. The molecule has 0 aliphatic carbocycles. The molecule has 1 aliphatic rings. The number of amides is 1. The zero-order valence-corrected chi connectivity index (χ0v) is 20.5. The smallest absolute Gasteiger partial charge is 0.251 e. The van der Waals surface area contributed by atoms with Crippen molar-refractivity contribution in [2.75, 3.05) is 25.1 Å². The first-order valence-corrected chi connectivity index (χ1v) is 12.4. The van der Waals surface area contributed by atoms with Crippen molar-refractivity contribution >= 4 is 21.7 Å². The van der Waals surface area contributed by atoms with E-state index in [0.717, 1.165) is 24.5 Å². The van der Waals surface area contributed by atoms with Crippen LogP contribution >= 0.6 is 0 Å². The summed E-state index contributed by atoms with van der Waals surface area (Å²) in [5.74, 6) is 0.652. The average Bonchev–Trinajstić information content (AvgIpc) is 2.76. The molecular formula is C23H32N4O5S. The summed E-state index contributed by atoms with van der Waals surface area (Å²) in [5, 5.41) is 2.82. The van der Waals surface area contributed by atoms with E-state index in [1.54, 1.807) is 20.0 Å². The highest BCUT2D eigenvalue weighted by molar-refractivity contribution is 7.89. The average molecular weight is 477 g/mol. The monoisotopic (exact) mass is 476 g/mol. The van der Waals surface area contributed by atoms with Crippen LogP contribution in [-0.2, 0) is 21.3 Å². The Kier molecular flexibility index (Phi) is 7.93. The van der Waals surface area contributed by atoms with E-state index < -0.39 is 15.9 Å². The number of morpholine rings is 1. The van der Waals surface area contributed by atoms with E-state index in [1.807, 2.05) is 26.0 Å². The van der Waals surface area contributed by atoms with Gasteiger partial charge in [-0.15, -0.1) is 0 Å². The number of carbonyl (C=O) groups excluding carboxylic acids is 1. The molecule has 3 rings (SSSR count). The molecule has 10 heteroatoms. The second-order valence-corrected chi connectivity index (χ2v) is 10.2. The van der Waals surface area contributed by atoms with Crippen LogP contribution in [0.4, 0.5) is 5.82 Å². The van der Waals surface area contributed by atoms with Gasteiger partial charge >= 0.3 is 0 Å². The summed E-state index contributed by atoms with van der Waals surface area (Å²) in [7, 11) is -2.44. The quantitative estimate of drug-likeness (QED) is 0.602. The second kappa shape index (κ2) is 10.5. The number of sulfonamides is 1. The summed E-state index contributed by atoms with van der Waals surface area (Å²) in [6.45, 7) is 9.35. The molecule has 1 saturated heterocycles. The lowest BCUT2D eigenvalue weighted by Crippen LogP contribution is -2.45. The number of hydrogen-bond donors (Lipinski definition) is 2. The number of methoxy groups -OCH3 is 1. The first kappa shape index (κ1) is 24.9. The van der Waals surface area contributed by atoms with Crippen LogP contribution in [0.3, 0.4) is 0 Å². The Labute approximate surface area is 195 Å². The first-order chi connectivity index (χ1) is 15.6. The van der Waals surface area contributed by atoms with Crippen LogP contribution in [0, 0.1) is 0 Å². The normalized spacial score (nSPS) is 18.9. The highest BCUT2D eigenvalue weighted by Crippen LogP contribution is 2.25. The molecule has 2 heterocycles. The van der Waals surface area contributed by atoms with E-state index in [4.69, 9.17) is 9.47 Å². The minimum atomic E-state index is -3.83. The molecule has 33 heavy (non-hydrogen) atoms. The lowest BCUT2D eigenvalue weighted by Gasteiger charge is -2.36. The van der Waals surface area contributed by atoms with E-state index in [1.165, 1.54) is 25.3 Å². The number of benzene rings is 1. The predicted molar refractivity (Wildman–Crippen MR) is 126 cm³/mol. The van der Waals surface area contributed by atoms with Gasteiger partial charge in [-0.1, -0.05) is 6.07 Å². The SMILES string of the molecule is COc1ccc(C(=O)NCc2ccc(N3CC(C)OC(C)C3)nc2)cc1S(=O)(=O)NC(C)C. The fraction of sp³-hybridized carbons (Fsp3) is 0.478. The van der Waals surface area contributed by atoms with Crippen molar-refractivity contribution in [2.45, 2.75) is 57.4 Å². The Bertz CT molecular complexity index is 1060. The van der Waals surface area contributed by atoms with Gasteiger partial charge in [0.1, 0.15) is 16.5 Å². The summed E-state index contributed by atoms with van der Waals surface area (Å²) >= 11 is 0. The van der Waals surface area contributed by atoms with Gasteiger partial charge in [0.2, 0.25) is 10.0 Å². The Morgan fingerprint density at radius 1 is 1.21 bits per heavy atom. The lowest BCUT2D eigenvalue weighted by molar-refractivity contribution is -0.00546. The third-order valence-corrected chi connectivity index (χ3v) is 6.79. The molecule has 0 bridgehead atoms. The topological polar surface area (TPSA) is 110 Å².